The van der Waals surface area contributed by atoms with Crippen LogP contribution in [0.5, 0.6) is 0 Å². The van der Waals surface area contributed by atoms with Crippen LogP contribution in [0, 0.1) is 0 Å². The first-order valence-corrected chi connectivity index (χ1v) is 12.9. The van der Waals surface area contributed by atoms with Crippen LogP contribution < -0.4 is 9.80 Å². The lowest BCUT2D eigenvalue weighted by Gasteiger charge is -2.37. The van der Waals surface area contributed by atoms with Gasteiger partial charge in [-0.3, -0.25) is 4.79 Å². The highest BCUT2D eigenvalue weighted by Gasteiger charge is 2.24. The number of piperazine rings is 1. The number of rotatable bonds is 5. The summed E-state index contributed by atoms with van der Waals surface area (Å²) < 4.78 is 1.94. The molecule has 8 heteroatoms. The van der Waals surface area contributed by atoms with Gasteiger partial charge in [-0.05, 0) is 43.5 Å². The van der Waals surface area contributed by atoms with E-state index >= 15 is 0 Å². The molecule has 184 valence electrons. The molecule has 0 N–H and O–H groups in total. The van der Waals surface area contributed by atoms with E-state index in [4.69, 9.17) is 9.97 Å². The quantitative estimate of drug-likeness (QED) is 0.432. The fourth-order valence-corrected chi connectivity index (χ4v) is 5.30. The standard InChI is InChI=1S/C28H31N7O/c36-26(21-35-14-10-22-7-6-11-29-27(22)35)33-17-15-32(16-18-33)25-9-3-2-8-24(25)23-19-30-28(31-20-23)34-12-4-1-5-13-34/h2-3,6-11,14,19-20H,1,4-5,12-13,15-18,21H2. The van der Waals surface area contributed by atoms with Crippen LogP contribution in [0.25, 0.3) is 22.2 Å². The molecule has 1 aromatic carbocycles. The third kappa shape index (κ3) is 4.51. The maximum atomic E-state index is 13.0. The van der Waals surface area contributed by atoms with E-state index in [1.165, 1.54) is 24.9 Å². The van der Waals surface area contributed by atoms with Crippen molar-refractivity contribution in [1.82, 2.24) is 24.4 Å². The molecule has 6 rings (SSSR count). The molecule has 0 radical (unpaired) electrons. The second-order valence-corrected chi connectivity index (χ2v) is 9.56. The Bertz CT molecular complexity index is 1340. The van der Waals surface area contributed by atoms with Crippen molar-refractivity contribution >= 4 is 28.6 Å². The van der Waals surface area contributed by atoms with Gasteiger partial charge in [0, 0.05) is 86.3 Å². The number of hydrogen-bond donors (Lipinski definition) is 0. The Hall–Kier alpha value is -3.94. The smallest absolute Gasteiger partial charge is 0.242 e. The molecule has 2 fully saturated rings. The van der Waals surface area contributed by atoms with Crippen LogP contribution >= 0.6 is 0 Å². The summed E-state index contributed by atoms with van der Waals surface area (Å²) in [5.41, 5.74) is 4.18. The number of benzene rings is 1. The topological polar surface area (TPSA) is 70.4 Å². The zero-order chi connectivity index (χ0) is 24.3. The number of hydrogen-bond acceptors (Lipinski definition) is 6. The highest BCUT2D eigenvalue weighted by Crippen LogP contribution is 2.31. The molecule has 2 aliphatic rings. The minimum absolute atomic E-state index is 0.132. The number of aromatic nitrogens is 4. The lowest BCUT2D eigenvalue weighted by atomic mass is 10.1. The molecule has 36 heavy (non-hydrogen) atoms. The number of carbonyl (C=O) groups is 1. The lowest BCUT2D eigenvalue weighted by Crippen LogP contribution is -2.49. The summed E-state index contributed by atoms with van der Waals surface area (Å²) >= 11 is 0. The second-order valence-electron chi connectivity index (χ2n) is 9.56. The molecule has 0 atom stereocenters. The van der Waals surface area contributed by atoms with E-state index in [0.717, 1.165) is 54.3 Å². The molecule has 2 saturated heterocycles. The van der Waals surface area contributed by atoms with Crippen molar-refractivity contribution < 1.29 is 4.79 Å². The van der Waals surface area contributed by atoms with Gasteiger partial charge in [-0.25, -0.2) is 15.0 Å². The molecule has 0 unspecified atom stereocenters. The van der Waals surface area contributed by atoms with Gasteiger partial charge < -0.3 is 19.3 Å². The molecule has 0 bridgehead atoms. The van der Waals surface area contributed by atoms with E-state index in [-0.39, 0.29) is 5.91 Å². The molecule has 0 spiro atoms. The van der Waals surface area contributed by atoms with Crippen LogP contribution in [-0.2, 0) is 11.3 Å². The fourth-order valence-electron chi connectivity index (χ4n) is 5.30. The average molecular weight is 482 g/mol. The van der Waals surface area contributed by atoms with Crippen LogP contribution in [0.3, 0.4) is 0 Å². The van der Waals surface area contributed by atoms with Gasteiger partial charge in [0.1, 0.15) is 12.2 Å². The van der Waals surface area contributed by atoms with Crippen molar-refractivity contribution in [3.8, 4) is 11.1 Å². The molecule has 5 heterocycles. The highest BCUT2D eigenvalue weighted by atomic mass is 16.2. The van der Waals surface area contributed by atoms with E-state index in [0.29, 0.717) is 19.6 Å². The lowest BCUT2D eigenvalue weighted by molar-refractivity contribution is -0.132. The van der Waals surface area contributed by atoms with Gasteiger partial charge in [0.25, 0.3) is 0 Å². The maximum Gasteiger partial charge on any atom is 0.242 e. The number of anilines is 2. The number of piperidine rings is 1. The van der Waals surface area contributed by atoms with Crippen LogP contribution in [0.4, 0.5) is 11.6 Å². The number of nitrogens with zero attached hydrogens (tertiary/aromatic N) is 7. The normalized spacial score (nSPS) is 16.5. The minimum Gasteiger partial charge on any atom is -0.367 e. The van der Waals surface area contributed by atoms with Crippen molar-refractivity contribution in [3.05, 3.63) is 67.3 Å². The van der Waals surface area contributed by atoms with Gasteiger partial charge in [-0.15, -0.1) is 0 Å². The minimum atomic E-state index is 0.132. The first kappa shape index (κ1) is 22.5. The Morgan fingerprint density at radius 1 is 0.778 bits per heavy atom. The number of fused-ring (bicyclic) bond motifs is 1. The van der Waals surface area contributed by atoms with E-state index < -0.39 is 0 Å². The summed E-state index contributed by atoms with van der Waals surface area (Å²) in [5, 5.41) is 1.06. The Morgan fingerprint density at radius 3 is 2.36 bits per heavy atom. The average Bonchev–Trinajstić information content (AvgIpc) is 3.36. The molecule has 1 amide bonds. The summed E-state index contributed by atoms with van der Waals surface area (Å²) in [6.45, 7) is 5.37. The van der Waals surface area contributed by atoms with Crippen LogP contribution in [0.2, 0.25) is 0 Å². The number of amides is 1. The molecule has 4 aromatic rings. The number of carbonyl (C=O) groups excluding carboxylic acids is 1. The third-order valence-electron chi connectivity index (χ3n) is 7.29. The summed E-state index contributed by atoms with van der Waals surface area (Å²) in [6, 6.07) is 14.4. The Labute approximate surface area is 211 Å². The van der Waals surface area contributed by atoms with Gasteiger partial charge >= 0.3 is 0 Å². The van der Waals surface area contributed by atoms with Crippen molar-refractivity contribution in [2.75, 3.05) is 49.1 Å². The highest BCUT2D eigenvalue weighted by molar-refractivity contribution is 5.82. The Balaban J connectivity index is 1.12. The van der Waals surface area contributed by atoms with Crippen LogP contribution in [0.1, 0.15) is 19.3 Å². The largest absolute Gasteiger partial charge is 0.367 e. The van der Waals surface area contributed by atoms with Crippen LogP contribution in [-0.4, -0.2) is 69.6 Å². The molecular weight excluding hydrogens is 450 g/mol. The summed E-state index contributed by atoms with van der Waals surface area (Å²) in [6.07, 6.45) is 11.3. The van der Waals surface area contributed by atoms with Gasteiger partial charge in [-0.2, -0.15) is 0 Å². The van der Waals surface area contributed by atoms with Crippen molar-refractivity contribution in [3.63, 3.8) is 0 Å². The Kier molecular flexibility index (Phi) is 6.24. The first-order chi connectivity index (χ1) is 17.8. The summed E-state index contributed by atoms with van der Waals surface area (Å²) in [5.74, 6) is 0.960. The van der Waals surface area contributed by atoms with Crippen molar-refractivity contribution in [2.45, 2.75) is 25.8 Å². The fraction of sp³-hybridized carbons (Fsp3) is 0.357. The SMILES string of the molecule is O=C(Cn1ccc2cccnc21)N1CCN(c2ccccc2-c2cnc(N3CCCCC3)nc2)CC1. The monoisotopic (exact) mass is 481 g/mol. The predicted molar refractivity (Wildman–Crippen MR) is 142 cm³/mol. The molecule has 2 aliphatic heterocycles. The molecule has 8 nitrogen and oxygen atoms in total. The van der Waals surface area contributed by atoms with E-state index in [1.54, 1.807) is 6.20 Å². The second kappa shape index (κ2) is 9.97. The van der Waals surface area contributed by atoms with Crippen molar-refractivity contribution in [2.24, 2.45) is 0 Å². The summed E-state index contributed by atoms with van der Waals surface area (Å²) in [7, 11) is 0. The third-order valence-corrected chi connectivity index (χ3v) is 7.29. The number of para-hydroxylation sites is 1. The summed E-state index contributed by atoms with van der Waals surface area (Å²) in [4.78, 5) is 33.5. The van der Waals surface area contributed by atoms with Crippen LogP contribution in [0.15, 0.2) is 67.3 Å². The van der Waals surface area contributed by atoms with Gasteiger partial charge in [0.15, 0.2) is 0 Å². The van der Waals surface area contributed by atoms with Crippen molar-refractivity contribution in [1.29, 1.82) is 0 Å². The van der Waals surface area contributed by atoms with Gasteiger partial charge in [-0.1, -0.05) is 18.2 Å². The predicted octanol–water partition coefficient (Wildman–Crippen LogP) is 3.83. The van der Waals surface area contributed by atoms with E-state index in [9.17, 15) is 4.79 Å². The van der Waals surface area contributed by atoms with Gasteiger partial charge in [0.2, 0.25) is 11.9 Å². The van der Waals surface area contributed by atoms with E-state index in [1.807, 2.05) is 46.3 Å². The molecule has 3 aromatic heterocycles. The molecule has 0 saturated carbocycles. The Morgan fingerprint density at radius 2 is 1.56 bits per heavy atom. The zero-order valence-electron chi connectivity index (χ0n) is 20.5. The van der Waals surface area contributed by atoms with E-state index in [2.05, 4.69) is 39.0 Å². The van der Waals surface area contributed by atoms with Gasteiger partial charge in [0.05, 0.1) is 0 Å². The number of pyridine rings is 1. The first-order valence-electron chi connectivity index (χ1n) is 12.9. The zero-order valence-corrected chi connectivity index (χ0v) is 20.5. The maximum absolute atomic E-state index is 13.0. The molecular formula is C28H31N7O. The molecule has 0 aliphatic carbocycles.